The van der Waals surface area contributed by atoms with Crippen LogP contribution in [0, 0.1) is 5.41 Å². The van der Waals surface area contributed by atoms with Crippen molar-refractivity contribution in [1.82, 2.24) is 10.6 Å². The number of hydrogen-bond donors (Lipinski definition) is 3. The van der Waals surface area contributed by atoms with E-state index in [2.05, 4.69) is 10.6 Å². The van der Waals surface area contributed by atoms with E-state index in [4.69, 9.17) is 5.41 Å². The summed E-state index contributed by atoms with van der Waals surface area (Å²) in [6.45, 7) is 2.49. The van der Waals surface area contributed by atoms with Crippen molar-refractivity contribution >= 4 is 11.7 Å². The molecule has 0 aromatic heterocycles. The quantitative estimate of drug-likeness (QED) is 0.320. The van der Waals surface area contributed by atoms with Gasteiger partial charge in [-0.15, -0.1) is 0 Å². The molecule has 0 heterocycles. The zero-order valence-electron chi connectivity index (χ0n) is 7.74. The van der Waals surface area contributed by atoms with E-state index in [1.165, 1.54) is 0 Å². The molecule has 1 amide bonds. The zero-order chi connectivity index (χ0) is 9.40. The van der Waals surface area contributed by atoms with E-state index in [0.29, 0.717) is 12.3 Å². The van der Waals surface area contributed by atoms with Gasteiger partial charge < -0.3 is 10.6 Å². The molecule has 3 N–H and O–H groups in total. The molecule has 0 aliphatic rings. The number of rotatable bonds is 5. The van der Waals surface area contributed by atoms with Gasteiger partial charge in [0.1, 0.15) is 0 Å². The first-order valence-electron chi connectivity index (χ1n) is 4.16. The molecule has 0 aliphatic carbocycles. The summed E-state index contributed by atoms with van der Waals surface area (Å²) in [4.78, 5) is 10.7. The Balaban J connectivity index is 3.11. The standard InChI is InChI=1S/C8H17N3O/c1-7(9)11-6-4-3-5-8(12)10-2/h3-6H2,1-2H3,(H2,9,11)(H,10,12). The molecule has 0 fully saturated rings. The Morgan fingerprint density at radius 3 is 2.58 bits per heavy atom. The van der Waals surface area contributed by atoms with Crippen LogP contribution in [0.25, 0.3) is 0 Å². The van der Waals surface area contributed by atoms with Crippen LogP contribution in [0.1, 0.15) is 26.2 Å². The van der Waals surface area contributed by atoms with Crippen LogP contribution >= 0.6 is 0 Å². The van der Waals surface area contributed by atoms with E-state index in [0.717, 1.165) is 19.4 Å². The van der Waals surface area contributed by atoms with Crippen molar-refractivity contribution in [2.45, 2.75) is 26.2 Å². The van der Waals surface area contributed by atoms with Crippen LogP contribution in [-0.4, -0.2) is 25.3 Å². The predicted molar refractivity (Wildman–Crippen MR) is 49.3 cm³/mol. The third-order valence-corrected chi connectivity index (χ3v) is 1.50. The van der Waals surface area contributed by atoms with Crippen molar-refractivity contribution in [3.63, 3.8) is 0 Å². The first kappa shape index (κ1) is 10.9. The fourth-order valence-electron chi connectivity index (χ4n) is 0.811. The SMILES string of the molecule is CNC(=O)CCCCNC(C)=N. The lowest BCUT2D eigenvalue weighted by molar-refractivity contribution is -0.120. The summed E-state index contributed by atoms with van der Waals surface area (Å²) in [5.74, 6) is 0.566. The average Bonchev–Trinajstić information content (AvgIpc) is 2.03. The van der Waals surface area contributed by atoms with Crippen molar-refractivity contribution in [3.8, 4) is 0 Å². The molecular formula is C8H17N3O. The van der Waals surface area contributed by atoms with E-state index < -0.39 is 0 Å². The van der Waals surface area contributed by atoms with Crippen LogP contribution in [0.15, 0.2) is 0 Å². The second-order valence-corrected chi connectivity index (χ2v) is 2.68. The monoisotopic (exact) mass is 171 g/mol. The lowest BCUT2D eigenvalue weighted by Crippen LogP contribution is -2.21. The van der Waals surface area contributed by atoms with Gasteiger partial charge in [-0.2, -0.15) is 0 Å². The Morgan fingerprint density at radius 1 is 1.42 bits per heavy atom. The maximum absolute atomic E-state index is 10.7. The molecule has 0 bridgehead atoms. The van der Waals surface area contributed by atoms with Crippen molar-refractivity contribution < 1.29 is 4.79 Å². The molecule has 0 radical (unpaired) electrons. The molecule has 0 aliphatic heterocycles. The Hall–Kier alpha value is -1.06. The van der Waals surface area contributed by atoms with Gasteiger partial charge in [0.2, 0.25) is 5.91 Å². The highest BCUT2D eigenvalue weighted by Gasteiger charge is 1.96. The molecule has 70 valence electrons. The number of unbranched alkanes of at least 4 members (excludes halogenated alkanes) is 1. The Bertz CT molecular complexity index is 156. The van der Waals surface area contributed by atoms with E-state index >= 15 is 0 Å². The van der Waals surface area contributed by atoms with Gasteiger partial charge in [-0.05, 0) is 19.8 Å². The molecule has 0 atom stereocenters. The van der Waals surface area contributed by atoms with Crippen LogP contribution in [0.5, 0.6) is 0 Å². The Labute approximate surface area is 73.2 Å². The summed E-state index contributed by atoms with van der Waals surface area (Å²) >= 11 is 0. The van der Waals surface area contributed by atoms with Crippen LogP contribution in [0.3, 0.4) is 0 Å². The third kappa shape index (κ3) is 7.05. The molecule has 4 heteroatoms. The fourth-order valence-corrected chi connectivity index (χ4v) is 0.811. The van der Waals surface area contributed by atoms with Gasteiger partial charge in [0.25, 0.3) is 0 Å². The molecule has 0 rings (SSSR count). The van der Waals surface area contributed by atoms with Gasteiger partial charge in [-0.3, -0.25) is 10.2 Å². The van der Waals surface area contributed by atoms with Crippen LogP contribution in [0.2, 0.25) is 0 Å². The number of hydrogen-bond acceptors (Lipinski definition) is 2. The molecule has 0 saturated heterocycles. The number of nitrogens with one attached hydrogen (secondary N) is 3. The average molecular weight is 171 g/mol. The van der Waals surface area contributed by atoms with E-state index in [1.54, 1.807) is 14.0 Å². The normalized spacial score (nSPS) is 9.17. The second kappa shape index (κ2) is 6.64. The minimum absolute atomic E-state index is 0.0848. The Morgan fingerprint density at radius 2 is 2.08 bits per heavy atom. The maximum Gasteiger partial charge on any atom is 0.219 e. The number of carbonyl (C=O) groups is 1. The summed E-state index contributed by atoms with van der Waals surface area (Å²) in [6.07, 6.45) is 2.39. The summed E-state index contributed by atoms with van der Waals surface area (Å²) < 4.78 is 0. The topological polar surface area (TPSA) is 65.0 Å². The van der Waals surface area contributed by atoms with Gasteiger partial charge in [0.05, 0.1) is 5.84 Å². The summed E-state index contributed by atoms with van der Waals surface area (Å²) in [6, 6.07) is 0. The van der Waals surface area contributed by atoms with Crippen molar-refractivity contribution in [2.24, 2.45) is 0 Å². The molecule has 0 spiro atoms. The second-order valence-electron chi connectivity index (χ2n) is 2.68. The van der Waals surface area contributed by atoms with Crippen LogP contribution < -0.4 is 10.6 Å². The highest BCUT2D eigenvalue weighted by molar-refractivity contribution is 5.76. The largest absolute Gasteiger partial charge is 0.374 e. The van der Waals surface area contributed by atoms with Gasteiger partial charge in [0, 0.05) is 20.0 Å². The first-order chi connectivity index (χ1) is 5.66. The number of amidine groups is 1. The minimum Gasteiger partial charge on any atom is -0.374 e. The van der Waals surface area contributed by atoms with E-state index in [1.807, 2.05) is 0 Å². The first-order valence-corrected chi connectivity index (χ1v) is 4.16. The fraction of sp³-hybridized carbons (Fsp3) is 0.750. The minimum atomic E-state index is 0.0848. The van der Waals surface area contributed by atoms with Gasteiger partial charge in [-0.25, -0.2) is 0 Å². The Kier molecular flexibility index (Phi) is 6.05. The number of carbonyl (C=O) groups excluding carboxylic acids is 1. The lowest BCUT2D eigenvalue weighted by Gasteiger charge is -2.02. The molecule has 0 aromatic rings. The predicted octanol–water partition coefficient (Wildman–Crippen LogP) is 0.489. The maximum atomic E-state index is 10.7. The summed E-state index contributed by atoms with van der Waals surface area (Å²) in [5.41, 5.74) is 0. The molecule has 0 aromatic carbocycles. The lowest BCUT2D eigenvalue weighted by atomic mass is 10.2. The summed E-state index contributed by atoms with van der Waals surface area (Å²) in [7, 11) is 1.64. The third-order valence-electron chi connectivity index (χ3n) is 1.50. The van der Waals surface area contributed by atoms with Crippen molar-refractivity contribution in [2.75, 3.05) is 13.6 Å². The van der Waals surface area contributed by atoms with Gasteiger partial charge in [0.15, 0.2) is 0 Å². The van der Waals surface area contributed by atoms with Crippen molar-refractivity contribution in [1.29, 1.82) is 5.41 Å². The van der Waals surface area contributed by atoms with Gasteiger partial charge >= 0.3 is 0 Å². The van der Waals surface area contributed by atoms with E-state index in [-0.39, 0.29) is 5.91 Å². The van der Waals surface area contributed by atoms with Crippen LogP contribution in [0.4, 0.5) is 0 Å². The smallest absolute Gasteiger partial charge is 0.219 e. The van der Waals surface area contributed by atoms with Gasteiger partial charge in [-0.1, -0.05) is 0 Å². The number of amides is 1. The zero-order valence-corrected chi connectivity index (χ0v) is 7.74. The highest BCUT2D eigenvalue weighted by Crippen LogP contribution is 1.92. The molecule has 12 heavy (non-hydrogen) atoms. The molecular weight excluding hydrogens is 154 g/mol. The summed E-state index contributed by atoms with van der Waals surface area (Å²) in [5, 5.41) is 12.5. The highest BCUT2D eigenvalue weighted by atomic mass is 16.1. The molecule has 0 saturated carbocycles. The molecule has 4 nitrogen and oxygen atoms in total. The van der Waals surface area contributed by atoms with Crippen molar-refractivity contribution in [3.05, 3.63) is 0 Å². The van der Waals surface area contributed by atoms with Crippen LogP contribution in [-0.2, 0) is 4.79 Å². The molecule has 0 unspecified atom stereocenters. The van der Waals surface area contributed by atoms with E-state index in [9.17, 15) is 4.79 Å².